The van der Waals surface area contributed by atoms with E-state index in [9.17, 15) is 4.79 Å². The van der Waals surface area contributed by atoms with Gasteiger partial charge in [-0.15, -0.1) is 0 Å². The van der Waals surface area contributed by atoms with Gasteiger partial charge in [0.2, 0.25) is 0 Å². The maximum atomic E-state index is 12.6. The highest BCUT2D eigenvalue weighted by Gasteiger charge is 2.15. The number of nitrogens with zero attached hydrogens (tertiary/aromatic N) is 4. The fraction of sp³-hybridized carbons (Fsp3) is 0.389. The number of carbonyl (C=O) groups is 1. The fourth-order valence-electron chi connectivity index (χ4n) is 2.74. The largest absolute Gasteiger partial charge is 0.379 e. The van der Waals surface area contributed by atoms with E-state index >= 15 is 0 Å². The van der Waals surface area contributed by atoms with E-state index < -0.39 is 0 Å². The van der Waals surface area contributed by atoms with Crippen LogP contribution < -0.4 is 10.2 Å². The molecular weight excluding hydrogens is 318 g/mol. The van der Waals surface area contributed by atoms with Crippen LogP contribution in [0.25, 0.3) is 0 Å². The van der Waals surface area contributed by atoms with Crippen molar-refractivity contribution in [2.75, 3.05) is 50.6 Å². The molecule has 132 valence electrons. The van der Waals surface area contributed by atoms with Gasteiger partial charge in [-0.05, 0) is 24.3 Å². The molecule has 7 nitrogen and oxygen atoms in total. The second kappa shape index (κ2) is 8.04. The van der Waals surface area contributed by atoms with Crippen LogP contribution in [0.1, 0.15) is 16.1 Å². The number of aromatic nitrogens is 2. The Kier molecular flexibility index (Phi) is 5.57. The first-order valence-electron chi connectivity index (χ1n) is 8.33. The Morgan fingerprint density at radius 1 is 1.24 bits per heavy atom. The van der Waals surface area contributed by atoms with Gasteiger partial charge in [0.15, 0.2) is 0 Å². The minimum atomic E-state index is -0.215. The lowest BCUT2D eigenvalue weighted by molar-refractivity contribution is 0.0337. The zero-order valence-electron chi connectivity index (χ0n) is 14.6. The van der Waals surface area contributed by atoms with Gasteiger partial charge in [0.25, 0.3) is 5.91 Å². The van der Waals surface area contributed by atoms with Gasteiger partial charge in [0, 0.05) is 39.9 Å². The monoisotopic (exact) mass is 341 g/mol. The van der Waals surface area contributed by atoms with Crippen molar-refractivity contribution >= 4 is 17.5 Å². The van der Waals surface area contributed by atoms with Crippen LogP contribution in [0.4, 0.5) is 11.6 Å². The first kappa shape index (κ1) is 17.3. The molecule has 0 bridgehead atoms. The van der Waals surface area contributed by atoms with Gasteiger partial charge in [-0.25, -0.2) is 9.97 Å². The average molecular weight is 341 g/mol. The van der Waals surface area contributed by atoms with Crippen LogP contribution in [0.15, 0.2) is 36.5 Å². The molecular formula is C18H23N5O2. The van der Waals surface area contributed by atoms with Gasteiger partial charge in [0.1, 0.15) is 11.6 Å². The molecule has 0 unspecified atom stereocenters. The maximum absolute atomic E-state index is 12.6. The lowest BCUT2D eigenvalue weighted by Crippen LogP contribution is -2.35. The van der Waals surface area contributed by atoms with Crippen molar-refractivity contribution in [2.24, 2.45) is 0 Å². The quantitative estimate of drug-likeness (QED) is 0.891. The lowest BCUT2D eigenvalue weighted by Gasteiger charge is -2.26. The van der Waals surface area contributed by atoms with Crippen LogP contribution in [0, 0.1) is 0 Å². The summed E-state index contributed by atoms with van der Waals surface area (Å²) in [5, 5.41) is 2.87. The standard InChI is InChI=1S/C18H23N5O2/c1-22(2)17-15(6-4-8-19-17)18(24)21-16-7-3-5-14(20-16)13-23-9-11-25-12-10-23/h3-8H,9-13H2,1-2H3,(H,20,21,24). The Balaban J connectivity index is 1.70. The Hall–Kier alpha value is -2.51. The van der Waals surface area contributed by atoms with Crippen LogP contribution in [-0.2, 0) is 11.3 Å². The highest BCUT2D eigenvalue weighted by atomic mass is 16.5. The number of nitrogens with one attached hydrogen (secondary N) is 1. The minimum Gasteiger partial charge on any atom is -0.379 e. The molecule has 3 heterocycles. The molecule has 25 heavy (non-hydrogen) atoms. The van der Waals surface area contributed by atoms with Crippen molar-refractivity contribution in [3.8, 4) is 0 Å². The summed E-state index contributed by atoms with van der Waals surface area (Å²) in [4.78, 5) is 25.5. The smallest absolute Gasteiger partial charge is 0.260 e. The third kappa shape index (κ3) is 4.52. The van der Waals surface area contributed by atoms with E-state index in [0.29, 0.717) is 17.2 Å². The molecule has 1 aliphatic heterocycles. The van der Waals surface area contributed by atoms with Gasteiger partial charge in [-0.2, -0.15) is 0 Å². The predicted octanol–water partition coefficient (Wildman–Crippen LogP) is 1.63. The van der Waals surface area contributed by atoms with E-state index in [4.69, 9.17) is 4.74 Å². The summed E-state index contributed by atoms with van der Waals surface area (Å²) in [5.74, 6) is 0.960. The molecule has 2 aromatic heterocycles. The summed E-state index contributed by atoms with van der Waals surface area (Å²) in [6.07, 6.45) is 1.67. The third-order valence-corrected chi connectivity index (χ3v) is 3.99. The number of pyridine rings is 2. The summed E-state index contributed by atoms with van der Waals surface area (Å²) in [6.45, 7) is 4.07. The number of morpholine rings is 1. The second-order valence-electron chi connectivity index (χ2n) is 6.13. The van der Waals surface area contributed by atoms with Gasteiger partial charge < -0.3 is 15.0 Å². The van der Waals surface area contributed by atoms with Crippen molar-refractivity contribution in [3.63, 3.8) is 0 Å². The third-order valence-electron chi connectivity index (χ3n) is 3.99. The molecule has 3 rings (SSSR count). The zero-order chi connectivity index (χ0) is 17.6. The molecule has 2 aromatic rings. The molecule has 0 aliphatic carbocycles. The summed E-state index contributed by atoms with van der Waals surface area (Å²) in [6, 6.07) is 9.20. The summed E-state index contributed by atoms with van der Waals surface area (Å²) in [7, 11) is 3.72. The van der Waals surface area contributed by atoms with E-state index in [-0.39, 0.29) is 5.91 Å². The van der Waals surface area contributed by atoms with Crippen molar-refractivity contribution in [1.82, 2.24) is 14.9 Å². The Bertz CT molecular complexity index is 729. The van der Waals surface area contributed by atoms with Crippen molar-refractivity contribution in [2.45, 2.75) is 6.54 Å². The molecule has 0 atom stereocenters. The number of amides is 1. The molecule has 1 fully saturated rings. The molecule has 0 spiro atoms. The molecule has 7 heteroatoms. The lowest BCUT2D eigenvalue weighted by atomic mass is 10.2. The fourth-order valence-corrected chi connectivity index (χ4v) is 2.74. The van der Waals surface area contributed by atoms with E-state index in [1.807, 2.05) is 31.1 Å². The molecule has 0 saturated carbocycles. The SMILES string of the molecule is CN(C)c1ncccc1C(=O)Nc1cccc(CN2CCOCC2)n1. The van der Waals surface area contributed by atoms with E-state index in [0.717, 1.165) is 38.5 Å². The first-order chi connectivity index (χ1) is 12.1. The van der Waals surface area contributed by atoms with Gasteiger partial charge in [-0.3, -0.25) is 9.69 Å². The van der Waals surface area contributed by atoms with Crippen LogP contribution >= 0.6 is 0 Å². The average Bonchev–Trinajstić information content (AvgIpc) is 2.63. The van der Waals surface area contributed by atoms with Crippen molar-refractivity contribution in [1.29, 1.82) is 0 Å². The van der Waals surface area contributed by atoms with Crippen LogP contribution in [-0.4, -0.2) is 61.2 Å². The number of hydrogen-bond donors (Lipinski definition) is 1. The minimum absolute atomic E-state index is 0.215. The number of carbonyl (C=O) groups excluding carboxylic acids is 1. The Labute approximate surface area is 147 Å². The first-order valence-corrected chi connectivity index (χ1v) is 8.33. The highest BCUT2D eigenvalue weighted by Crippen LogP contribution is 2.16. The summed E-state index contributed by atoms with van der Waals surface area (Å²) in [5.41, 5.74) is 1.45. The predicted molar refractivity (Wildman–Crippen MR) is 96.9 cm³/mol. The number of anilines is 2. The van der Waals surface area contributed by atoms with Crippen LogP contribution in [0.5, 0.6) is 0 Å². The Morgan fingerprint density at radius 2 is 2.04 bits per heavy atom. The molecule has 1 aliphatic rings. The molecule has 1 saturated heterocycles. The van der Waals surface area contributed by atoms with E-state index in [1.165, 1.54) is 0 Å². The summed E-state index contributed by atoms with van der Waals surface area (Å²) < 4.78 is 5.36. The zero-order valence-corrected chi connectivity index (χ0v) is 14.6. The molecule has 1 N–H and O–H groups in total. The molecule has 1 amide bonds. The highest BCUT2D eigenvalue weighted by molar-refractivity contribution is 6.07. The number of ether oxygens (including phenoxy) is 1. The van der Waals surface area contributed by atoms with Gasteiger partial charge in [-0.1, -0.05) is 6.07 Å². The van der Waals surface area contributed by atoms with E-state index in [1.54, 1.807) is 24.4 Å². The molecule has 0 aromatic carbocycles. The number of hydrogen-bond acceptors (Lipinski definition) is 6. The number of rotatable bonds is 5. The summed E-state index contributed by atoms with van der Waals surface area (Å²) >= 11 is 0. The maximum Gasteiger partial charge on any atom is 0.260 e. The van der Waals surface area contributed by atoms with Crippen molar-refractivity contribution < 1.29 is 9.53 Å². The van der Waals surface area contributed by atoms with Crippen LogP contribution in [0.3, 0.4) is 0 Å². The normalized spacial score (nSPS) is 15.0. The molecule has 0 radical (unpaired) electrons. The van der Waals surface area contributed by atoms with Crippen LogP contribution in [0.2, 0.25) is 0 Å². The van der Waals surface area contributed by atoms with Crippen molar-refractivity contribution in [3.05, 3.63) is 47.8 Å². The van der Waals surface area contributed by atoms with Gasteiger partial charge in [0.05, 0.1) is 24.5 Å². The second-order valence-corrected chi connectivity index (χ2v) is 6.13. The Morgan fingerprint density at radius 3 is 2.80 bits per heavy atom. The van der Waals surface area contributed by atoms with E-state index in [2.05, 4.69) is 20.2 Å². The topological polar surface area (TPSA) is 70.6 Å². The van der Waals surface area contributed by atoms with Gasteiger partial charge >= 0.3 is 0 Å².